The Bertz CT molecular complexity index is 729. The van der Waals surface area contributed by atoms with Crippen LogP contribution in [0.3, 0.4) is 0 Å². The molecular formula is C21H24N2O2. The van der Waals surface area contributed by atoms with E-state index in [0.717, 1.165) is 42.8 Å². The fourth-order valence-electron chi connectivity index (χ4n) is 4.09. The number of ether oxygens (including phenoxy) is 1. The van der Waals surface area contributed by atoms with Crippen molar-refractivity contribution >= 4 is 5.91 Å². The quantitative estimate of drug-likeness (QED) is 0.933. The van der Waals surface area contributed by atoms with Gasteiger partial charge in [0.05, 0.1) is 0 Å². The highest BCUT2D eigenvalue weighted by Crippen LogP contribution is 2.37. The van der Waals surface area contributed by atoms with Crippen LogP contribution in [0.4, 0.5) is 0 Å². The smallest absolute Gasteiger partial charge is 0.253 e. The first-order chi connectivity index (χ1) is 12.2. The monoisotopic (exact) mass is 336 g/mol. The van der Waals surface area contributed by atoms with Gasteiger partial charge in [0.25, 0.3) is 5.91 Å². The molecule has 0 radical (unpaired) electrons. The van der Waals surface area contributed by atoms with Gasteiger partial charge >= 0.3 is 0 Å². The number of nitrogens with zero attached hydrogens (tertiary/aromatic N) is 1. The van der Waals surface area contributed by atoms with Crippen LogP contribution in [0.5, 0.6) is 5.75 Å². The normalized spacial score (nSPS) is 25.0. The van der Waals surface area contributed by atoms with Crippen LogP contribution < -0.4 is 10.5 Å². The second-order valence-corrected chi connectivity index (χ2v) is 7.17. The van der Waals surface area contributed by atoms with E-state index in [1.54, 1.807) is 0 Å². The fourth-order valence-corrected chi connectivity index (χ4v) is 4.09. The summed E-state index contributed by atoms with van der Waals surface area (Å²) >= 11 is 0. The molecule has 3 atom stereocenters. The van der Waals surface area contributed by atoms with Crippen molar-refractivity contribution in [3.8, 4) is 5.75 Å². The van der Waals surface area contributed by atoms with Gasteiger partial charge in [-0.2, -0.15) is 0 Å². The minimum absolute atomic E-state index is 0.108. The van der Waals surface area contributed by atoms with Gasteiger partial charge in [0.2, 0.25) is 0 Å². The number of benzene rings is 2. The van der Waals surface area contributed by atoms with Gasteiger partial charge in [-0.15, -0.1) is 0 Å². The standard InChI is InChI=1S/C21H24N2O2/c22-20-11-8-17-12-23(13-19(17)20)21(24)16-6-9-18(10-7-16)25-14-15-4-2-1-3-5-15/h1-7,9-10,17,19-20H,8,11-14,22H2. The first-order valence-corrected chi connectivity index (χ1v) is 9.02. The van der Waals surface area contributed by atoms with Crippen molar-refractivity contribution in [1.29, 1.82) is 0 Å². The molecule has 2 fully saturated rings. The van der Waals surface area contributed by atoms with E-state index in [-0.39, 0.29) is 11.9 Å². The van der Waals surface area contributed by atoms with Crippen molar-refractivity contribution in [3.05, 3.63) is 65.7 Å². The SMILES string of the molecule is NC1CCC2CN(C(=O)c3ccc(OCc4ccccc4)cc3)CC12. The van der Waals surface area contributed by atoms with Crippen LogP contribution in [0.25, 0.3) is 0 Å². The van der Waals surface area contributed by atoms with Crippen LogP contribution in [0, 0.1) is 11.8 Å². The van der Waals surface area contributed by atoms with Crippen molar-refractivity contribution in [2.24, 2.45) is 17.6 Å². The number of amides is 1. The predicted molar refractivity (Wildman–Crippen MR) is 97.3 cm³/mol. The molecular weight excluding hydrogens is 312 g/mol. The molecule has 1 amide bonds. The van der Waals surface area contributed by atoms with Gasteiger partial charge in [-0.3, -0.25) is 4.79 Å². The second kappa shape index (κ2) is 6.89. The Morgan fingerprint density at radius 1 is 1.04 bits per heavy atom. The Morgan fingerprint density at radius 3 is 2.52 bits per heavy atom. The third-order valence-corrected chi connectivity index (χ3v) is 5.55. The Hall–Kier alpha value is -2.33. The number of likely N-dealkylation sites (tertiary alicyclic amines) is 1. The molecule has 2 aromatic rings. The third-order valence-electron chi connectivity index (χ3n) is 5.55. The molecule has 0 bridgehead atoms. The highest BCUT2D eigenvalue weighted by atomic mass is 16.5. The first-order valence-electron chi connectivity index (χ1n) is 9.02. The maximum absolute atomic E-state index is 12.7. The number of hydrogen-bond donors (Lipinski definition) is 1. The molecule has 1 aliphatic heterocycles. The largest absolute Gasteiger partial charge is 0.489 e. The summed E-state index contributed by atoms with van der Waals surface area (Å²) < 4.78 is 5.79. The lowest BCUT2D eigenvalue weighted by atomic mass is 9.98. The summed E-state index contributed by atoms with van der Waals surface area (Å²) in [6, 6.07) is 17.8. The highest BCUT2D eigenvalue weighted by molar-refractivity contribution is 5.94. The lowest BCUT2D eigenvalue weighted by Gasteiger charge is -2.19. The van der Waals surface area contributed by atoms with Crippen LogP contribution >= 0.6 is 0 Å². The van der Waals surface area contributed by atoms with Gasteiger partial charge in [0.1, 0.15) is 12.4 Å². The van der Waals surface area contributed by atoms with E-state index in [4.69, 9.17) is 10.5 Å². The van der Waals surface area contributed by atoms with Crippen LogP contribution in [0.2, 0.25) is 0 Å². The van der Waals surface area contributed by atoms with E-state index >= 15 is 0 Å². The van der Waals surface area contributed by atoms with Crippen molar-refractivity contribution in [2.75, 3.05) is 13.1 Å². The molecule has 2 aliphatic rings. The van der Waals surface area contributed by atoms with E-state index < -0.39 is 0 Å². The minimum atomic E-state index is 0.108. The highest BCUT2D eigenvalue weighted by Gasteiger charge is 2.42. The van der Waals surface area contributed by atoms with Gasteiger partial charge < -0.3 is 15.4 Å². The summed E-state index contributed by atoms with van der Waals surface area (Å²) in [4.78, 5) is 14.7. The third kappa shape index (κ3) is 3.40. The van der Waals surface area contributed by atoms with E-state index in [1.807, 2.05) is 59.5 Å². The van der Waals surface area contributed by atoms with Gasteiger partial charge in [0.15, 0.2) is 0 Å². The number of nitrogens with two attached hydrogens (primary N) is 1. The Balaban J connectivity index is 1.36. The summed E-state index contributed by atoms with van der Waals surface area (Å²) in [5.41, 5.74) is 8.02. The molecule has 130 valence electrons. The van der Waals surface area contributed by atoms with Crippen molar-refractivity contribution in [1.82, 2.24) is 4.90 Å². The molecule has 3 unspecified atom stereocenters. The summed E-state index contributed by atoms with van der Waals surface area (Å²) in [5.74, 6) is 1.96. The van der Waals surface area contributed by atoms with E-state index in [9.17, 15) is 4.79 Å². The van der Waals surface area contributed by atoms with E-state index in [0.29, 0.717) is 18.4 Å². The number of carbonyl (C=O) groups excluding carboxylic acids is 1. The average Bonchev–Trinajstić information content (AvgIpc) is 3.23. The molecule has 2 aromatic carbocycles. The number of fused-ring (bicyclic) bond motifs is 1. The predicted octanol–water partition coefficient (Wildman–Crippen LogP) is 3.07. The minimum Gasteiger partial charge on any atom is -0.489 e. The molecule has 1 saturated carbocycles. The molecule has 25 heavy (non-hydrogen) atoms. The number of hydrogen-bond acceptors (Lipinski definition) is 3. The van der Waals surface area contributed by atoms with Gasteiger partial charge in [0, 0.05) is 24.7 Å². The molecule has 4 nitrogen and oxygen atoms in total. The molecule has 1 heterocycles. The molecule has 1 saturated heterocycles. The van der Waals surface area contributed by atoms with Crippen molar-refractivity contribution in [2.45, 2.75) is 25.5 Å². The lowest BCUT2D eigenvalue weighted by molar-refractivity contribution is 0.0779. The summed E-state index contributed by atoms with van der Waals surface area (Å²) in [5, 5.41) is 0. The number of rotatable bonds is 4. The Morgan fingerprint density at radius 2 is 1.80 bits per heavy atom. The molecule has 4 rings (SSSR count). The molecule has 1 aliphatic carbocycles. The summed E-state index contributed by atoms with van der Waals surface area (Å²) in [6.07, 6.45) is 2.26. The first kappa shape index (κ1) is 16.2. The molecule has 4 heteroatoms. The van der Waals surface area contributed by atoms with Gasteiger partial charge in [-0.25, -0.2) is 0 Å². The Labute approximate surface area is 148 Å². The van der Waals surface area contributed by atoms with Crippen LogP contribution in [-0.2, 0) is 6.61 Å². The average molecular weight is 336 g/mol. The van der Waals surface area contributed by atoms with Crippen molar-refractivity contribution in [3.63, 3.8) is 0 Å². The van der Waals surface area contributed by atoms with Crippen LogP contribution in [0.1, 0.15) is 28.8 Å². The number of carbonyl (C=O) groups is 1. The van der Waals surface area contributed by atoms with E-state index in [2.05, 4.69) is 0 Å². The molecule has 0 aromatic heterocycles. The zero-order valence-electron chi connectivity index (χ0n) is 14.3. The molecule has 0 spiro atoms. The van der Waals surface area contributed by atoms with Gasteiger partial charge in [-0.05, 0) is 54.5 Å². The van der Waals surface area contributed by atoms with Crippen molar-refractivity contribution < 1.29 is 9.53 Å². The topological polar surface area (TPSA) is 55.6 Å². The van der Waals surface area contributed by atoms with Crippen LogP contribution in [-0.4, -0.2) is 29.9 Å². The lowest BCUT2D eigenvalue weighted by Crippen LogP contribution is -2.33. The zero-order chi connectivity index (χ0) is 17.2. The van der Waals surface area contributed by atoms with Gasteiger partial charge in [-0.1, -0.05) is 30.3 Å². The summed E-state index contributed by atoms with van der Waals surface area (Å²) in [6.45, 7) is 2.18. The zero-order valence-corrected chi connectivity index (χ0v) is 14.3. The Kier molecular flexibility index (Phi) is 4.45. The maximum atomic E-state index is 12.7. The second-order valence-electron chi connectivity index (χ2n) is 7.17. The van der Waals surface area contributed by atoms with E-state index in [1.165, 1.54) is 0 Å². The van der Waals surface area contributed by atoms with Crippen LogP contribution in [0.15, 0.2) is 54.6 Å². The maximum Gasteiger partial charge on any atom is 0.253 e. The fraction of sp³-hybridized carbons (Fsp3) is 0.381. The summed E-state index contributed by atoms with van der Waals surface area (Å²) in [7, 11) is 0. The molecule has 2 N–H and O–H groups in total.